The first-order valence-electron chi connectivity index (χ1n) is 7.01. The van der Waals surface area contributed by atoms with Crippen molar-refractivity contribution in [3.8, 4) is 5.69 Å². The van der Waals surface area contributed by atoms with Crippen molar-refractivity contribution in [2.75, 3.05) is 6.61 Å². The van der Waals surface area contributed by atoms with Crippen molar-refractivity contribution in [2.45, 2.75) is 20.3 Å². The minimum atomic E-state index is -0.399. The Morgan fingerprint density at radius 3 is 2.55 bits per heavy atom. The van der Waals surface area contributed by atoms with E-state index in [-0.39, 0.29) is 12.3 Å². The molecule has 0 unspecified atom stereocenters. The molecule has 116 valence electrons. The van der Waals surface area contributed by atoms with Gasteiger partial charge in [-0.05, 0) is 32.0 Å². The Bertz CT molecular complexity index is 677. The van der Waals surface area contributed by atoms with Crippen LogP contribution >= 0.6 is 0 Å². The third-order valence-corrected chi connectivity index (χ3v) is 3.34. The number of ether oxygens (including phenoxy) is 1. The summed E-state index contributed by atoms with van der Waals surface area (Å²) in [5.74, 6) is 4.43. The van der Waals surface area contributed by atoms with E-state index in [9.17, 15) is 9.59 Å². The third kappa shape index (κ3) is 3.17. The Balaban J connectivity index is 2.53. The van der Waals surface area contributed by atoms with Crippen molar-refractivity contribution < 1.29 is 14.3 Å². The number of nitrogens with one attached hydrogen (secondary N) is 1. The number of hydrazine groups is 1. The molecule has 0 bridgehead atoms. The molecule has 0 aliphatic carbocycles. The third-order valence-electron chi connectivity index (χ3n) is 3.34. The summed E-state index contributed by atoms with van der Waals surface area (Å²) >= 11 is 0. The summed E-state index contributed by atoms with van der Waals surface area (Å²) in [4.78, 5) is 23.7. The van der Waals surface area contributed by atoms with Gasteiger partial charge in [-0.15, -0.1) is 0 Å². The van der Waals surface area contributed by atoms with Crippen molar-refractivity contribution in [1.82, 2.24) is 9.99 Å². The Kier molecular flexibility index (Phi) is 4.95. The van der Waals surface area contributed by atoms with E-state index in [0.29, 0.717) is 17.9 Å². The number of hydrogen-bond donors (Lipinski definition) is 2. The number of amides is 1. The lowest BCUT2D eigenvalue weighted by atomic mass is 10.2. The van der Waals surface area contributed by atoms with Crippen LogP contribution in [-0.2, 0) is 16.0 Å². The standard InChI is InChI=1S/C16H19N3O3/c1-3-22-16(21)14-9-13(10-15(20)18-17)19(11(14)2)12-7-5-4-6-8-12/h4-9H,3,10,17H2,1-2H3,(H,18,20). The van der Waals surface area contributed by atoms with E-state index >= 15 is 0 Å². The van der Waals surface area contributed by atoms with E-state index in [4.69, 9.17) is 10.6 Å². The molecule has 0 spiro atoms. The van der Waals surface area contributed by atoms with Crippen molar-refractivity contribution in [1.29, 1.82) is 0 Å². The number of para-hydroxylation sites is 1. The van der Waals surface area contributed by atoms with E-state index in [1.807, 2.05) is 41.8 Å². The molecular weight excluding hydrogens is 282 g/mol. The maximum atomic E-state index is 12.1. The van der Waals surface area contributed by atoms with Gasteiger partial charge in [0.25, 0.3) is 0 Å². The van der Waals surface area contributed by atoms with Gasteiger partial charge in [0.2, 0.25) is 5.91 Å². The van der Waals surface area contributed by atoms with Crippen molar-refractivity contribution in [3.63, 3.8) is 0 Å². The van der Waals surface area contributed by atoms with E-state index in [2.05, 4.69) is 5.43 Å². The fraction of sp³-hybridized carbons (Fsp3) is 0.250. The van der Waals surface area contributed by atoms with Crippen LogP contribution in [0.3, 0.4) is 0 Å². The molecule has 0 saturated heterocycles. The molecule has 3 N–H and O–H groups in total. The van der Waals surface area contributed by atoms with Gasteiger partial charge in [0.1, 0.15) is 0 Å². The lowest BCUT2D eigenvalue weighted by Gasteiger charge is -2.11. The second kappa shape index (κ2) is 6.91. The molecule has 0 radical (unpaired) electrons. The van der Waals surface area contributed by atoms with E-state index < -0.39 is 5.97 Å². The van der Waals surface area contributed by atoms with Gasteiger partial charge in [0.05, 0.1) is 18.6 Å². The number of aromatic nitrogens is 1. The van der Waals surface area contributed by atoms with Gasteiger partial charge in [-0.1, -0.05) is 18.2 Å². The SMILES string of the molecule is CCOC(=O)c1cc(CC(=O)NN)n(-c2ccccc2)c1C. The summed E-state index contributed by atoms with van der Waals surface area (Å²) in [5, 5.41) is 0. The molecule has 0 saturated carbocycles. The molecule has 0 fully saturated rings. The first-order valence-corrected chi connectivity index (χ1v) is 7.01. The number of nitrogens with two attached hydrogens (primary N) is 1. The minimum absolute atomic E-state index is 0.0750. The van der Waals surface area contributed by atoms with Gasteiger partial charge in [0.15, 0.2) is 0 Å². The average molecular weight is 301 g/mol. The van der Waals surface area contributed by atoms with Gasteiger partial charge in [-0.3, -0.25) is 10.2 Å². The van der Waals surface area contributed by atoms with Gasteiger partial charge < -0.3 is 9.30 Å². The fourth-order valence-electron chi connectivity index (χ4n) is 2.37. The first-order chi connectivity index (χ1) is 10.6. The maximum absolute atomic E-state index is 12.1. The zero-order chi connectivity index (χ0) is 16.1. The van der Waals surface area contributed by atoms with Crippen molar-refractivity contribution in [3.05, 3.63) is 53.3 Å². The van der Waals surface area contributed by atoms with Gasteiger partial charge in [-0.2, -0.15) is 0 Å². The summed E-state index contributed by atoms with van der Waals surface area (Å²) in [6.07, 6.45) is 0.0750. The lowest BCUT2D eigenvalue weighted by Crippen LogP contribution is -2.32. The molecular formula is C16H19N3O3. The van der Waals surface area contributed by atoms with Crippen LogP contribution in [0.2, 0.25) is 0 Å². The van der Waals surface area contributed by atoms with E-state index in [1.165, 1.54) is 0 Å². The molecule has 2 aromatic rings. The fourth-order valence-corrected chi connectivity index (χ4v) is 2.37. The monoisotopic (exact) mass is 301 g/mol. The second-order valence-electron chi connectivity index (χ2n) is 4.77. The molecule has 2 rings (SSSR count). The summed E-state index contributed by atoms with van der Waals surface area (Å²) in [6, 6.07) is 11.2. The highest BCUT2D eigenvalue weighted by molar-refractivity contribution is 5.92. The topological polar surface area (TPSA) is 86.3 Å². The van der Waals surface area contributed by atoms with Crippen LogP contribution in [0.5, 0.6) is 0 Å². The molecule has 22 heavy (non-hydrogen) atoms. The molecule has 6 nitrogen and oxygen atoms in total. The molecule has 1 heterocycles. The summed E-state index contributed by atoms with van der Waals surface area (Å²) in [6.45, 7) is 3.88. The van der Waals surface area contributed by atoms with Crippen LogP contribution in [0.15, 0.2) is 36.4 Å². The highest BCUT2D eigenvalue weighted by Gasteiger charge is 2.20. The lowest BCUT2D eigenvalue weighted by molar-refractivity contribution is -0.120. The number of rotatable bonds is 5. The Labute approximate surface area is 128 Å². The van der Waals surface area contributed by atoms with Crippen LogP contribution < -0.4 is 11.3 Å². The predicted octanol–water partition coefficient (Wildman–Crippen LogP) is 1.49. The quantitative estimate of drug-likeness (QED) is 0.379. The summed E-state index contributed by atoms with van der Waals surface area (Å²) in [7, 11) is 0. The number of hydrogen-bond acceptors (Lipinski definition) is 4. The highest BCUT2D eigenvalue weighted by atomic mass is 16.5. The van der Waals surface area contributed by atoms with Gasteiger partial charge in [0, 0.05) is 17.1 Å². The number of nitrogens with zero attached hydrogens (tertiary/aromatic N) is 1. The van der Waals surface area contributed by atoms with E-state index in [1.54, 1.807) is 13.0 Å². The molecule has 6 heteroatoms. The molecule has 1 aromatic carbocycles. The van der Waals surface area contributed by atoms with Gasteiger partial charge >= 0.3 is 5.97 Å². The number of benzene rings is 1. The van der Waals surface area contributed by atoms with Crippen molar-refractivity contribution in [2.24, 2.45) is 5.84 Å². The maximum Gasteiger partial charge on any atom is 0.339 e. The smallest absolute Gasteiger partial charge is 0.339 e. The molecule has 0 aliphatic rings. The molecule has 1 aromatic heterocycles. The Morgan fingerprint density at radius 1 is 1.27 bits per heavy atom. The minimum Gasteiger partial charge on any atom is -0.462 e. The van der Waals surface area contributed by atoms with Crippen LogP contribution in [0.25, 0.3) is 5.69 Å². The number of carbonyl (C=O) groups excluding carboxylic acids is 2. The summed E-state index contributed by atoms with van der Waals surface area (Å²) in [5.41, 5.74) is 4.83. The number of esters is 1. The highest BCUT2D eigenvalue weighted by Crippen LogP contribution is 2.22. The molecule has 1 amide bonds. The second-order valence-corrected chi connectivity index (χ2v) is 4.77. The normalized spacial score (nSPS) is 10.3. The van der Waals surface area contributed by atoms with Crippen LogP contribution in [0.4, 0.5) is 0 Å². The average Bonchev–Trinajstić information content (AvgIpc) is 2.84. The Morgan fingerprint density at radius 2 is 1.95 bits per heavy atom. The van der Waals surface area contributed by atoms with Crippen LogP contribution in [0, 0.1) is 6.92 Å². The van der Waals surface area contributed by atoms with E-state index in [0.717, 1.165) is 11.4 Å². The number of carbonyl (C=O) groups is 2. The van der Waals surface area contributed by atoms with Crippen LogP contribution in [0.1, 0.15) is 28.7 Å². The summed E-state index contributed by atoms with van der Waals surface area (Å²) < 4.78 is 6.93. The molecule has 0 atom stereocenters. The first kappa shape index (κ1) is 15.8. The zero-order valence-corrected chi connectivity index (χ0v) is 12.6. The zero-order valence-electron chi connectivity index (χ0n) is 12.6. The Hall–Kier alpha value is -2.60. The van der Waals surface area contributed by atoms with Gasteiger partial charge in [-0.25, -0.2) is 10.6 Å². The van der Waals surface area contributed by atoms with Crippen LogP contribution in [-0.4, -0.2) is 23.1 Å². The van der Waals surface area contributed by atoms with Crippen molar-refractivity contribution >= 4 is 11.9 Å². The largest absolute Gasteiger partial charge is 0.462 e. The predicted molar refractivity (Wildman–Crippen MR) is 82.5 cm³/mol. The molecule has 0 aliphatic heterocycles.